The van der Waals surface area contributed by atoms with Gasteiger partial charge in [-0.25, -0.2) is 0 Å². The third-order valence-electron chi connectivity index (χ3n) is 4.03. The molecule has 0 aliphatic carbocycles. The predicted octanol–water partition coefficient (Wildman–Crippen LogP) is 3.15. The lowest BCUT2D eigenvalue weighted by atomic mass is 9.97. The topological polar surface area (TPSA) is 49.4 Å². The Balaban J connectivity index is 1.78. The molecule has 1 aromatic carbocycles. The van der Waals surface area contributed by atoms with Crippen molar-refractivity contribution in [2.75, 3.05) is 24.2 Å². The van der Waals surface area contributed by atoms with Crippen LogP contribution in [0.5, 0.6) is 0 Å². The fourth-order valence-corrected chi connectivity index (χ4v) is 3.62. The molecular formula is C15H15F3N2O2S. The van der Waals surface area contributed by atoms with E-state index in [0.717, 1.165) is 4.90 Å². The zero-order valence-corrected chi connectivity index (χ0v) is 13.0. The summed E-state index contributed by atoms with van der Waals surface area (Å²) in [6.45, 7) is 0.0180. The van der Waals surface area contributed by atoms with E-state index in [1.807, 2.05) is 0 Å². The maximum Gasteiger partial charge on any atom is 0.393 e. The zero-order chi connectivity index (χ0) is 16.6. The average molecular weight is 344 g/mol. The molecule has 0 saturated carbocycles. The molecule has 1 saturated heterocycles. The van der Waals surface area contributed by atoms with Gasteiger partial charge in [0, 0.05) is 23.5 Å². The molecule has 124 valence electrons. The number of hydrogen-bond acceptors (Lipinski definition) is 3. The van der Waals surface area contributed by atoms with E-state index in [0.29, 0.717) is 30.0 Å². The summed E-state index contributed by atoms with van der Waals surface area (Å²) < 4.78 is 38.6. The number of halogens is 3. The van der Waals surface area contributed by atoms with Crippen molar-refractivity contribution < 1.29 is 22.8 Å². The van der Waals surface area contributed by atoms with Gasteiger partial charge in [0.05, 0.1) is 17.4 Å². The molecule has 0 radical (unpaired) electrons. The second-order valence-corrected chi connectivity index (χ2v) is 6.70. The third-order valence-corrected chi connectivity index (χ3v) is 5.10. The van der Waals surface area contributed by atoms with E-state index in [9.17, 15) is 22.8 Å². The quantitative estimate of drug-likeness (QED) is 0.851. The molecule has 2 heterocycles. The number of rotatable bonds is 1. The van der Waals surface area contributed by atoms with Gasteiger partial charge in [-0.2, -0.15) is 13.2 Å². The Hall–Kier alpha value is -1.70. The van der Waals surface area contributed by atoms with Crippen LogP contribution in [0, 0.1) is 5.92 Å². The number of anilines is 1. The molecule has 1 fully saturated rings. The molecule has 2 amide bonds. The summed E-state index contributed by atoms with van der Waals surface area (Å²) in [5.74, 6) is -1.72. The highest BCUT2D eigenvalue weighted by Gasteiger charge is 2.42. The van der Waals surface area contributed by atoms with E-state index in [1.54, 1.807) is 18.2 Å². The van der Waals surface area contributed by atoms with E-state index in [4.69, 9.17) is 0 Å². The van der Waals surface area contributed by atoms with Crippen LogP contribution in [0.15, 0.2) is 23.1 Å². The standard InChI is InChI=1S/C15H15F3N2O2S/c16-15(17,18)10-2-1-5-20(7-10)14(22)9-3-4-12-11(6-9)19-13(21)8-23-12/h3-4,6,10H,1-2,5,7-8H2,(H,19,21)/t10-/m0/s1. The maximum absolute atomic E-state index is 12.9. The highest BCUT2D eigenvalue weighted by atomic mass is 32.2. The molecule has 0 spiro atoms. The molecule has 1 N–H and O–H groups in total. The van der Waals surface area contributed by atoms with E-state index in [2.05, 4.69) is 5.32 Å². The van der Waals surface area contributed by atoms with Gasteiger partial charge >= 0.3 is 6.18 Å². The Morgan fingerprint density at radius 1 is 1.35 bits per heavy atom. The average Bonchev–Trinajstić information content (AvgIpc) is 2.52. The van der Waals surface area contributed by atoms with Crippen LogP contribution in [0.4, 0.5) is 18.9 Å². The molecule has 4 nitrogen and oxygen atoms in total. The molecule has 0 bridgehead atoms. The summed E-state index contributed by atoms with van der Waals surface area (Å²) in [6.07, 6.45) is -3.88. The minimum Gasteiger partial charge on any atom is -0.338 e. The largest absolute Gasteiger partial charge is 0.393 e. The van der Waals surface area contributed by atoms with E-state index in [-0.39, 0.29) is 18.9 Å². The smallest absolute Gasteiger partial charge is 0.338 e. The summed E-state index contributed by atoms with van der Waals surface area (Å²) in [5.41, 5.74) is 0.843. The first kappa shape index (κ1) is 16.2. The van der Waals surface area contributed by atoms with Gasteiger partial charge < -0.3 is 10.2 Å². The first-order valence-electron chi connectivity index (χ1n) is 7.27. The van der Waals surface area contributed by atoms with Crippen molar-refractivity contribution in [3.63, 3.8) is 0 Å². The van der Waals surface area contributed by atoms with Gasteiger partial charge in [0.1, 0.15) is 0 Å². The Morgan fingerprint density at radius 3 is 2.87 bits per heavy atom. The number of carbonyl (C=O) groups is 2. The molecular weight excluding hydrogens is 329 g/mol. The number of nitrogens with zero attached hydrogens (tertiary/aromatic N) is 1. The lowest BCUT2D eigenvalue weighted by molar-refractivity contribution is -0.184. The van der Waals surface area contributed by atoms with Crippen molar-refractivity contribution in [2.45, 2.75) is 23.9 Å². The summed E-state index contributed by atoms with van der Waals surface area (Å²) in [7, 11) is 0. The summed E-state index contributed by atoms with van der Waals surface area (Å²) in [4.78, 5) is 26.0. The van der Waals surface area contributed by atoms with Crippen molar-refractivity contribution in [1.82, 2.24) is 4.90 Å². The summed E-state index contributed by atoms with van der Waals surface area (Å²) >= 11 is 1.37. The molecule has 23 heavy (non-hydrogen) atoms. The number of piperidine rings is 1. The van der Waals surface area contributed by atoms with E-state index < -0.39 is 18.0 Å². The normalized spacial score (nSPS) is 21.6. The van der Waals surface area contributed by atoms with Gasteiger partial charge in [-0.1, -0.05) is 0 Å². The van der Waals surface area contributed by atoms with Gasteiger partial charge in [0.25, 0.3) is 5.91 Å². The molecule has 2 aliphatic rings. The summed E-state index contributed by atoms with van der Waals surface area (Å²) in [5, 5.41) is 2.68. The van der Waals surface area contributed by atoms with Gasteiger partial charge in [0.15, 0.2) is 0 Å². The number of carbonyl (C=O) groups excluding carboxylic acids is 2. The number of fused-ring (bicyclic) bond motifs is 1. The maximum atomic E-state index is 12.9. The second kappa shape index (κ2) is 6.07. The number of nitrogens with one attached hydrogen (secondary N) is 1. The van der Waals surface area contributed by atoms with Crippen molar-refractivity contribution in [3.05, 3.63) is 23.8 Å². The molecule has 1 aromatic rings. The van der Waals surface area contributed by atoms with Crippen molar-refractivity contribution >= 4 is 29.3 Å². The molecule has 8 heteroatoms. The Kier molecular flexibility index (Phi) is 4.27. The fourth-order valence-electron chi connectivity index (χ4n) is 2.83. The van der Waals surface area contributed by atoms with Crippen molar-refractivity contribution in [3.8, 4) is 0 Å². The number of hydrogen-bond donors (Lipinski definition) is 1. The van der Waals surface area contributed by atoms with Crippen LogP contribution in [-0.4, -0.2) is 41.7 Å². The molecule has 0 unspecified atom stereocenters. The Labute approximate surface area is 135 Å². The Bertz CT molecular complexity index is 648. The van der Waals surface area contributed by atoms with Crippen LogP contribution in [0.2, 0.25) is 0 Å². The molecule has 1 atom stereocenters. The van der Waals surface area contributed by atoms with Gasteiger partial charge in [-0.3, -0.25) is 9.59 Å². The molecule has 0 aromatic heterocycles. The van der Waals surface area contributed by atoms with Gasteiger partial charge in [-0.15, -0.1) is 11.8 Å². The first-order chi connectivity index (χ1) is 10.8. The second-order valence-electron chi connectivity index (χ2n) is 5.68. The predicted molar refractivity (Wildman–Crippen MR) is 80.5 cm³/mol. The van der Waals surface area contributed by atoms with E-state index >= 15 is 0 Å². The SMILES string of the molecule is O=C1CSc2ccc(C(=O)N3CCC[C@H](C(F)(F)F)C3)cc2N1. The van der Waals surface area contributed by atoms with Crippen molar-refractivity contribution in [1.29, 1.82) is 0 Å². The number of thioether (sulfide) groups is 1. The fraction of sp³-hybridized carbons (Fsp3) is 0.467. The highest BCUT2D eigenvalue weighted by Crippen LogP contribution is 2.35. The number of alkyl halides is 3. The lowest BCUT2D eigenvalue weighted by Gasteiger charge is -2.34. The van der Waals surface area contributed by atoms with Crippen LogP contribution in [0.25, 0.3) is 0 Å². The van der Waals surface area contributed by atoms with E-state index in [1.165, 1.54) is 16.7 Å². The minimum absolute atomic E-state index is 0.0597. The molecule has 3 rings (SSSR count). The van der Waals surface area contributed by atoms with Crippen LogP contribution < -0.4 is 5.32 Å². The third kappa shape index (κ3) is 3.46. The van der Waals surface area contributed by atoms with Crippen LogP contribution >= 0.6 is 11.8 Å². The highest BCUT2D eigenvalue weighted by molar-refractivity contribution is 8.00. The number of amides is 2. The van der Waals surface area contributed by atoms with Gasteiger partial charge in [-0.05, 0) is 31.0 Å². The van der Waals surface area contributed by atoms with Crippen LogP contribution in [0.3, 0.4) is 0 Å². The zero-order valence-electron chi connectivity index (χ0n) is 12.2. The minimum atomic E-state index is -4.28. The van der Waals surface area contributed by atoms with Gasteiger partial charge in [0.2, 0.25) is 5.91 Å². The lowest BCUT2D eigenvalue weighted by Crippen LogP contribution is -2.44. The number of likely N-dealkylation sites (tertiary alicyclic amines) is 1. The van der Waals surface area contributed by atoms with Crippen LogP contribution in [0.1, 0.15) is 23.2 Å². The Morgan fingerprint density at radius 2 is 2.13 bits per heavy atom. The monoisotopic (exact) mass is 344 g/mol. The first-order valence-corrected chi connectivity index (χ1v) is 8.26. The molecule has 2 aliphatic heterocycles. The van der Waals surface area contributed by atoms with Crippen molar-refractivity contribution in [2.24, 2.45) is 5.92 Å². The van der Waals surface area contributed by atoms with Crippen LogP contribution in [-0.2, 0) is 4.79 Å². The number of benzene rings is 1. The summed E-state index contributed by atoms with van der Waals surface area (Å²) in [6, 6.07) is 4.86.